The predicted octanol–water partition coefficient (Wildman–Crippen LogP) is 1.11. The Kier molecular flexibility index (Phi) is 7.37. The van der Waals surface area contributed by atoms with E-state index in [1.165, 1.54) is 13.8 Å². The van der Waals surface area contributed by atoms with E-state index in [0.29, 0.717) is 13.0 Å². The van der Waals surface area contributed by atoms with E-state index in [9.17, 15) is 18.0 Å². The maximum absolute atomic E-state index is 11.7. The summed E-state index contributed by atoms with van der Waals surface area (Å²) in [6.45, 7) is 8.47. The van der Waals surface area contributed by atoms with Crippen LogP contribution in [0.15, 0.2) is 0 Å². The summed E-state index contributed by atoms with van der Waals surface area (Å²) >= 11 is 0. The minimum Gasteiger partial charge on any atom is -0.356 e. The minimum absolute atomic E-state index is 0.00153. The van der Waals surface area contributed by atoms with Crippen molar-refractivity contribution in [1.82, 2.24) is 5.32 Å². The summed E-state index contributed by atoms with van der Waals surface area (Å²) in [7, 11) is -3.63. The monoisotopic (exact) mass is 307 g/mol. The molecule has 0 saturated heterocycles. The number of carbonyl (C=O) groups is 2. The SMILES string of the molecule is CC(=O)NCCCS(=O)(=O)OCC(C)(C)C(C)C(C)=O. The molecule has 6 nitrogen and oxygen atoms in total. The Morgan fingerprint density at radius 2 is 1.80 bits per heavy atom. The summed E-state index contributed by atoms with van der Waals surface area (Å²) in [6, 6.07) is 0. The molecular formula is C13H25NO5S. The lowest BCUT2D eigenvalue weighted by Gasteiger charge is -2.29. The molecule has 1 N–H and O–H groups in total. The summed E-state index contributed by atoms with van der Waals surface area (Å²) in [4.78, 5) is 22.0. The Morgan fingerprint density at radius 1 is 1.25 bits per heavy atom. The molecule has 1 atom stereocenters. The van der Waals surface area contributed by atoms with Gasteiger partial charge >= 0.3 is 0 Å². The molecule has 0 aliphatic carbocycles. The van der Waals surface area contributed by atoms with Crippen LogP contribution < -0.4 is 5.32 Å². The summed E-state index contributed by atoms with van der Waals surface area (Å²) in [5, 5.41) is 2.52. The lowest BCUT2D eigenvalue weighted by atomic mass is 9.79. The molecule has 118 valence electrons. The third kappa shape index (κ3) is 7.59. The fraction of sp³-hybridized carbons (Fsp3) is 0.846. The first-order valence-corrected chi connectivity index (χ1v) is 8.17. The molecule has 0 fully saturated rings. The molecule has 0 spiro atoms. The summed E-state index contributed by atoms with van der Waals surface area (Å²) in [5.74, 6) is -0.629. The van der Waals surface area contributed by atoms with Gasteiger partial charge in [-0.15, -0.1) is 0 Å². The molecule has 0 rings (SSSR count). The zero-order valence-corrected chi connectivity index (χ0v) is 13.7. The summed E-state index contributed by atoms with van der Waals surface area (Å²) in [6.07, 6.45) is 0.296. The maximum atomic E-state index is 11.7. The Hall–Kier alpha value is -0.950. The molecule has 0 aromatic heterocycles. The molecule has 1 amide bonds. The molecule has 0 aliphatic rings. The van der Waals surface area contributed by atoms with Crippen molar-refractivity contribution < 1.29 is 22.2 Å². The van der Waals surface area contributed by atoms with Crippen LogP contribution in [0.1, 0.15) is 41.0 Å². The first kappa shape index (κ1) is 19.1. The second-order valence-corrected chi connectivity index (χ2v) is 7.44. The number of ketones is 1. The molecule has 0 aromatic rings. The van der Waals surface area contributed by atoms with E-state index in [0.717, 1.165) is 0 Å². The van der Waals surface area contributed by atoms with Crippen molar-refractivity contribution in [2.45, 2.75) is 41.0 Å². The van der Waals surface area contributed by atoms with Crippen LogP contribution in [0.3, 0.4) is 0 Å². The van der Waals surface area contributed by atoms with Crippen LogP contribution in [0.5, 0.6) is 0 Å². The number of hydrogen-bond acceptors (Lipinski definition) is 5. The van der Waals surface area contributed by atoms with Crippen LogP contribution in [0.4, 0.5) is 0 Å². The zero-order valence-electron chi connectivity index (χ0n) is 12.9. The molecule has 0 aliphatic heterocycles. The number of carbonyl (C=O) groups excluding carboxylic acids is 2. The highest BCUT2D eigenvalue weighted by atomic mass is 32.2. The van der Waals surface area contributed by atoms with E-state index in [1.54, 1.807) is 20.8 Å². The van der Waals surface area contributed by atoms with Gasteiger partial charge in [0.05, 0.1) is 12.4 Å². The Morgan fingerprint density at radius 3 is 2.25 bits per heavy atom. The second kappa shape index (κ2) is 7.73. The van der Waals surface area contributed by atoms with Crippen molar-refractivity contribution in [3.8, 4) is 0 Å². The van der Waals surface area contributed by atoms with E-state index < -0.39 is 15.5 Å². The first-order valence-electron chi connectivity index (χ1n) is 6.60. The van der Waals surface area contributed by atoms with Crippen molar-refractivity contribution in [2.24, 2.45) is 11.3 Å². The fourth-order valence-electron chi connectivity index (χ4n) is 1.49. The largest absolute Gasteiger partial charge is 0.356 e. The van der Waals surface area contributed by atoms with Gasteiger partial charge < -0.3 is 5.32 Å². The molecule has 0 saturated carbocycles. The third-order valence-corrected chi connectivity index (χ3v) is 4.60. The average molecular weight is 307 g/mol. The van der Waals surface area contributed by atoms with E-state index in [-0.39, 0.29) is 30.0 Å². The van der Waals surface area contributed by atoms with Crippen LogP contribution >= 0.6 is 0 Å². The normalized spacial score (nSPS) is 13.8. The highest BCUT2D eigenvalue weighted by Gasteiger charge is 2.31. The van der Waals surface area contributed by atoms with E-state index in [4.69, 9.17) is 4.18 Å². The number of Topliss-reactive ketones (excluding diaryl/α,β-unsaturated/α-hetero) is 1. The standard InChI is InChI=1S/C13H25NO5S/c1-10(11(2)15)13(4,5)9-19-20(17,18)8-6-7-14-12(3)16/h10H,6-9H2,1-5H3,(H,14,16). The average Bonchev–Trinajstić information content (AvgIpc) is 2.31. The van der Waals surface area contributed by atoms with Crippen molar-refractivity contribution in [2.75, 3.05) is 18.9 Å². The molecule has 0 bridgehead atoms. The minimum atomic E-state index is -3.63. The highest BCUT2D eigenvalue weighted by molar-refractivity contribution is 7.86. The molecule has 7 heteroatoms. The van der Waals surface area contributed by atoms with Crippen LogP contribution in [0.25, 0.3) is 0 Å². The number of amides is 1. The Bertz CT molecular complexity index is 442. The van der Waals surface area contributed by atoms with Crippen LogP contribution in [0, 0.1) is 11.3 Å². The van der Waals surface area contributed by atoms with Crippen molar-refractivity contribution >= 4 is 21.8 Å². The zero-order chi connectivity index (χ0) is 16.0. The number of hydrogen-bond donors (Lipinski definition) is 1. The van der Waals surface area contributed by atoms with Gasteiger partial charge in [-0.25, -0.2) is 0 Å². The molecule has 1 unspecified atom stereocenters. The van der Waals surface area contributed by atoms with Gasteiger partial charge in [0.1, 0.15) is 5.78 Å². The second-order valence-electron chi connectivity index (χ2n) is 5.68. The third-order valence-electron chi connectivity index (χ3n) is 3.34. The molecule has 20 heavy (non-hydrogen) atoms. The van der Waals surface area contributed by atoms with Gasteiger partial charge in [-0.2, -0.15) is 8.42 Å². The van der Waals surface area contributed by atoms with Gasteiger partial charge in [0, 0.05) is 19.4 Å². The summed E-state index contributed by atoms with van der Waals surface area (Å²) < 4.78 is 28.4. The van der Waals surface area contributed by atoms with Gasteiger partial charge in [-0.3, -0.25) is 13.8 Å². The fourth-order valence-corrected chi connectivity index (χ4v) is 2.59. The van der Waals surface area contributed by atoms with Gasteiger partial charge in [0.25, 0.3) is 10.1 Å². The first-order chi connectivity index (χ1) is 8.98. The summed E-state index contributed by atoms with van der Waals surface area (Å²) in [5.41, 5.74) is -0.545. The molecule has 0 heterocycles. The highest BCUT2D eigenvalue weighted by Crippen LogP contribution is 2.28. The lowest BCUT2D eigenvalue weighted by Crippen LogP contribution is -2.33. The van der Waals surface area contributed by atoms with Crippen molar-refractivity contribution in [1.29, 1.82) is 0 Å². The predicted molar refractivity (Wildman–Crippen MR) is 76.7 cm³/mol. The van der Waals surface area contributed by atoms with Crippen LogP contribution in [0.2, 0.25) is 0 Å². The van der Waals surface area contributed by atoms with Gasteiger partial charge in [0.2, 0.25) is 5.91 Å². The lowest BCUT2D eigenvalue weighted by molar-refractivity contribution is -0.124. The van der Waals surface area contributed by atoms with Gasteiger partial charge in [0.15, 0.2) is 0 Å². The van der Waals surface area contributed by atoms with Crippen LogP contribution in [-0.2, 0) is 23.9 Å². The molecule has 0 radical (unpaired) electrons. The van der Waals surface area contributed by atoms with E-state index in [1.807, 2.05) is 0 Å². The molecular weight excluding hydrogens is 282 g/mol. The van der Waals surface area contributed by atoms with Crippen molar-refractivity contribution in [3.63, 3.8) is 0 Å². The number of rotatable bonds is 9. The van der Waals surface area contributed by atoms with Crippen LogP contribution in [-0.4, -0.2) is 39.0 Å². The van der Waals surface area contributed by atoms with E-state index in [2.05, 4.69) is 5.32 Å². The number of nitrogens with one attached hydrogen (secondary N) is 1. The van der Waals surface area contributed by atoms with E-state index >= 15 is 0 Å². The Balaban J connectivity index is 4.28. The van der Waals surface area contributed by atoms with Gasteiger partial charge in [-0.05, 0) is 18.8 Å². The maximum Gasteiger partial charge on any atom is 0.267 e. The molecule has 0 aromatic carbocycles. The Labute approximate surface area is 121 Å². The quantitative estimate of drug-likeness (QED) is 0.509. The topological polar surface area (TPSA) is 89.5 Å². The van der Waals surface area contributed by atoms with Gasteiger partial charge in [-0.1, -0.05) is 20.8 Å². The smallest absolute Gasteiger partial charge is 0.267 e. The van der Waals surface area contributed by atoms with Crippen molar-refractivity contribution in [3.05, 3.63) is 0 Å².